The van der Waals surface area contributed by atoms with Gasteiger partial charge in [-0.15, -0.1) is 0 Å². The van der Waals surface area contributed by atoms with Crippen molar-refractivity contribution >= 4 is 23.3 Å². The second-order valence-electron chi connectivity index (χ2n) is 7.78. The maximum absolute atomic E-state index is 13.2. The Morgan fingerprint density at radius 3 is 2.39 bits per heavy atom. The molecule has 180 valence electrons. The number of carbonyl (C=O) groups excluding carboxylic acids is 2. The standard InChI is InChI=1S/C23H33N5O5/c1-4-5-14-26(17-21-8-6-13-25(21)2)22(29)18-27(15-7-16-33-3)23(30)24-19-9-11-20(12-10-19)28(31)32/h6,8-13H,4-5,7,14-18H2,1-3H3,(H,24,30). The van der Waals surface area contributed by atoms with Crippen molar-refractivity contribution in [2.75, 3.05) is 38.7 Å². The van der Waals surface area contributed by atoms with Crippen LogP contribution in [-0.2, 0) is 23.1 Å². The molecule has 0 saturated carbocycles. The number of aryl methyl sites for hydroxylation is 1. The first kappa shape index (κ1) is 25.9. The number of hydrogen-bond donors (Lipinski definition) is 1. The number of anilines is 1. The van der Waals surface area contributed by atoms with Gasteiger partial charge in [-0.05, 0) is 37.1 Å². The van der Waals surface area contributed by atoms with E-state index in [9.17, 15) is 19.7 Å². The number of carbonyl (C=O) groups is 2. The Morgan fingerprint density at radius 1 is 1.12 bits per heavy atom. The van der Waals surface area contributed by atoms with Gasteiger partial charge in [-0.1, -0.05) is 13.3 Å². The quantitative estimate of drug-likeness (QED) is 0.279. The van der Waals surface area contributed by atoms with Crippen molar-refractivity contribution in [1.82, 2.24) is 14.4 Å². The molecule has 1 aromatic carbocycles. The highest BCUT2D eigenvalue weighted by Gasteiger charge is 2.22. The van der Waals surface area contributed by atoms with Crippen LogP contribution in [0.1, 0.15) is 31.9 Å². The minimum atomic E-state index is -0.501. The molecule has 0 radical (unpaired) electrons. The van der Waals surface area contributed by atoms with Crippen molar-refractivity contribution in [3.63, 3.8) is 0 Å². The summed E-state index contributed by atoms with van der Waals surface area (Å²) < 4.78 is 7.07. The number of unbranched alkanes of at least 4 members (excludes halogenated alkanes) is 1. The highest BCUT2D eigenvalue weighted by molar-refractivity contribution is 5.92. The predicted octanol–water partition coefficient (Wildman–Crippen LogP) is 3.63. The molecular formula is C23H33N5O5. The van der Waals surface area contributed by atoms with E-state index in [0.717, 1.165) is 18.5 Å². The molecule has 0 saturated heterocycles. The van der Waals surface area contributed by atoms with Crippen molar-refractivity contribution < 1.29 is 19.2 Å². The van der Waals surface area contributed by atoms with E-state index < -0.39 is 11.0 Å². The average Bonchev–Trinajstić information content (AvgIpc) is 3.20. The first-order chi connectivity index (χ1) is 15.8. The largest absolute Gasteiger partial charge is 0.385 e. The summed E-state index contributed by atoms with van der Waals surface area (Å²) in [6.07, 6.45) is 4.33. The minimum absolute atomic E-state index is 0.0626. The number of methoxy groups -OCH3 is 1. The second-order valence-corrected chi connectivity index (χ2v) is 7.78. The number of hydrogen-bond acceptors (Lipinski definition) is 5. The Labute approximate surface area is 194 Å². The smallest absolute Gasteiger partial charge is 0.322 e. The molecule has 1 N–H and O–H groups in total. The van der Waals surface area contributed by atoms with E-state index in [-0.39, 0.29) is 18.1 Å². The van der Waals surface area contributed by atoms with Gasteiger partial charge in [-0.25, -0.2) is 4.79 Å². The fourth-order valence-electron chi connectivity index (χ4n) is 3.28. The summed E-state index contributed by atoms with van der Waals surface area (Å²) in [6.45, 7) is 3.87. The molecule has 3 amide bonds. The van der Waals surface area contributed by atoms with Gasteiger partial charge in [0.25, 0.3) is 5.69 Å². The summed E-state index contributed by atoms with van der Waals surface area (Å²) in [7, 11) is 3.52. The van der Waals surface area contributed by atoms with Gasteiger partial charge in [0.05, 0.1) is 11.5 Å². The molecule has 0 aliphatic rings. The Balaban J connectivity index is 2.10. The zero-order valence-corrected chi connectivity index (χ0v) is 19.5. The van der Waals surface area contributed by atoms with Crippen LogP contribution in [0.3, 0.4) is 0 Å². The third kappa shape index (κ3) is 8.23. The number of aromatic nitrogens is 1. The van der Waals surface area contributed by atoms with Gasteiger partial charge in [0.15, 0.2) is 0 Å². The fraction of sp³-hybridized carbons (Fsp3) is 0.478. The molecule has 2 aromatic rings. The Bertz CT molecular complexity index is 912. The number of rotatable bonds is 13. The van der Waals surface area contributed by atoms with Gasteiger partial charge in [0.1, 0.15) is 6.54 Å². The van der Waals surface area contributed by atoms with E-state index in [4.69, 9.17) is 4.74 Å². The molecule has 10 heteroatoms. The van der Waals surface area contributed by atoms with E-state index in [1.807, 2.05) is 29.9 Å². The van der Waals surface area contributed by atoms with Crippen LogP contribution in [0.4, 0.5) is 16.2 Å². The van der Waals surface area contributed by atoms with Gasteiger partial charge >= 0.3 is 6.03 Å². The van der Waals surface area contributed by atoms with Crippen LogP contribution < -0.4 is 5.32 Å². The molecule has 0 atom stereocenters. The summed E-state index contributed by atoms with van der Waals surface area (Å²) in [5.41, 5.74) is 1.37. The van der Waals surface area contributed by atoms with Crippen LogP contribution in [0.2, 0.25) is 0 Å². The number of urea groups is 1. The van der Waals surface area contributed by atoms with E-state index >= 15 is 0 Å². The molecule has 1 aromatic heterocycles. The fourth-order valence-corrected chi connectivity index (χ4v) is 3.28. The highest BCUT2D eigenvalue weighted by atomic mass is 16.6. The van der Waals surface area contributed by atoms with E-state index in [0.29, 0.717) is 38.3 Å². The second kappa shape index (κ2) is 13.2. The number of benzene rings is 1. The van der Waals surface area contributed by atoms with E-state index in [1.165, 1.54) is 29.2 Å². The molecule has 10 nitrogen and oxygen atoms in total. The summed E-state index contributed by atoms with van der Waals surface area (Å²) in [6, 6.07) is 9.05. The van der Waals surface area contributed by atoms with Gasteiger partial charge in [0, 0.05) is 63.6 Å². The molecule has 33 heavy (non-hydrogen) atoms. The van der Waals surface area contributed by atoms with Gasteiger partial charge < -0.3 is 24.4 Å². The molecular weight excluding hydrogens is 426 g/mol. The van der Waals surface area contributed by atoms with Crippen LogP contribution in [0, 0.1) is 10.1 Å². The number of ether oxygens (including phenoxy) is 1. The SMILES string of the molecule is CCCCN(Cc1cccn1C)C(=O)CN(CCCOC)C(=O)Nc1ccc([N+](=O)[O-])cc1. The molecule has 0 spiro atoms. The number of non-ortho nitro benzene ring substituents is 1. The number of nitrogens with one attached hydrogen (secondary N) is 1. The van der Waals surface area contributed by atoms with Crippen LogP contribution in [0.25, 0.3) is 0 Å². The third-order valence-corrected chi connectivity index (χ3v) is 5.26. The lowest BCUT2D eigenvalue weighted by Gasteiger charge is -2.28. The summed E-state index contributed by atoms with van der Waals surface area (Å²) in [4.78, 5) is 39.7. The lowest BCUT2D eigenvalue weighted by molar-refractivity contribution is -0.384. The summed E-state index contributed by atoms with van der Waals surface area (Å²) >= 11 is 0. The average molecular weight is 460 g/mol. The van der Waals surface area contributed by atoms with E-state index in [2.05, 4.69) is 12.2 Å². The molecule has 1 heterocycles. The molecule has 0 unspecified atom stereocenters. The Hall–Kier alpha value is -3.40. The third-order valence-electron chi connectivity index (χ3n) is 5.26. The lowest BCUT2D eigenvalue weighted by atomic mass is 10.2. The summed E-state index contributed by atoms with van der Waals surface area (Å²) in [5.74, 6) is -0.138. The van der Waals surface area contributed by atoms with Crippen molar-refractivity contribution in [3.05, 3.63) is 58.4 Å². The number of nitro groups is 1. The zero-order valence-electron chi connectivity index (χ0n) is 19.5. The first-order valence-corrected chi connectivity index (χ1v) is 11.0. The Kier molecular flexibility index (Phi) is 10.4. The maximum Gasteiger partial charge on any atom is 0.322 e. The highest BCUT2D eigenvalue weighted by Crippen LogP contribution is 2.16. The van der Waals surface area contributed by atoms with Gasteiger partial charge in [0.2, 0.25) is 5.91 Å². The minimum Gasteiger partial charge on any atom is -0.385 e. The van der Waals surface area contributed by atoms with Gasteiger partial charge in [-0.2, -0.15) is 0 Å². The van der Waals surface area contributed by atoms with Crippen LogP contribution >= 0.6 is 0 Å². The number of nitrogens with zero attached hydrogens (tertiary/aromatic N) is 4. The van der Waals surface area contributed by atoms with Crippen molar-refractivity contribution in [3.8, 4) is 0 Å². The Morgan fingerprint density at radius 2 is 1.82 bits per heavy atom. The van der Waals surface area contributed by atoms with Crippen molar-refractivity contribution in [2.24, 2.45) is 7.05 Å². The van der Waals surface area contributed by atoms with Crippen molar-refractivity contribution in [2.45, 2.75) is 32.7 Å². The first-order valence-electron chi connectivity index (χ1n) is 11.0. The summed E-state index contributed by atoms with van der Waals surface area (Å²) in [5, 5.41) is 13.6. The predicted molar refractivity (Wildman–Crippen MR) is 126 cm³/mol. The van der Waals surface area contributed by atoms with Crippen molar-refractivity contribution in [1.29, 1.82) is 0 Å². The molecule has 2 rings (SSSR count). The molecule has 0 bridgehead atoms. The molecule has 0 fully saturated rings. The lowest BCUT2D eigenvalue weighted by Crippen LogP contribution is -2.45. The van der Waals surface area contributed by atoms with Gasteiger partial charge in [-0.3, -0.25) is 14.9 Å². The monoisotopic (exact) mass is 459 g/mol. The van der Waals surface area contributed by atoms with Crippen LogP contribution in [0.15, 0.2) is 42.6 Å². The number of nitro benzene ring substituents is 1. The normalized spacial score (nSPS) is 10.6. The van der Waals surface area contributed by atoms with Crippen LogP contribution in [-0.4, -0.2) is 64.6 Å². The number of amides is 3. The molecule has 0 aliphatic heterocycles. The molecule has 0 aliphatic carbocycles. The van der Waals surface area contributed by atoms with Crippen LogP contribution in [0.5, 0.6) is 0 Å². The topological polar surface area (TPSA) is 110 Å². The zero-order chi connectivity index (χ0) is 24.2. The van der Waals surface area contributed by atoms with E-state index in [1.54, 1.807) is 12.0 Å². The maximum atomic E-state index is 13.2.